The summed E-state index contributed by atoms with van der Waals surface area (Å²) in [7, 11) is 0. The van der Waals surface area contributed by atoms with Gasteiger partial charge in [0.1, 0.15) is 11.4 Å². The number of rotatable bonds is 3. The van der Waals surface area contributed by atoms with Crippen molar-refractivity contribution in [1.82, 2.24) is 5.32 Å². The molecule has 0 saturated heterocycles. The molecule has 1 atom stereocenters. The van der Waals surface area contributed by atoms with Gasteiger partial charge in [-0.05, 0) is 32.0 Å². The topological polar surface area (TPSA) is 42.2 Å². The molecular weight excluding hydrogens is 221 g/mol. The molecule has 2 aromatic rings. The lowest BCUT2D eigenvalue weighted by atomic mass is 9.98. The van der Waals surface area contributed by atoms with Crippen LogP contribution in [0.25, 0.3) is 11.0 Å². The van der Waals surface area contributed by atoms with Crippen molar-refractivity contribution in [2.24, 2.45) is 0 Å². The van der Waals surface area contributed by atoms with Crippen LogP contribution in [-0.4, -0.2) is 12.5 Å². The number of amides is 1. The van der Waals surface area contributed by atoms with E-state index in [4.69, 9.17) is 4.42 Å². The molecule has 1 unspecified atom stereocenters. The molecule has 0 fully saturated rings. The maximum atomic E-state index is 13.4. The Morgan fingerprint density at radius 2 is 2.29 bits per heavy atom. The minimum absolute atomic E-state index is 0.129. The third-order valence-electron chi connectivity index (χ3n) is 2.76. The average Bonchev–Trinajstić information content (AvgIpc) is 2.75. The van der Waals surface area contributed by atoms with E-state index >= 15 is 0 Å². The maximum absolute atomic E-state index is 13.4. The van der Waals surface area contributed by atoms with Crippen molar-refractivity contribution in [2.45, 2.75) is 19.8 Å². The van der Waals surface area contributed by atoms with Gasteiger partial charge >= 0.3 is 0 Å². The van der Waals surface area contributed by atoms with Crippen LogP contribution in [0.15, 0.2) is 28.9 Å². The molecule has 0 spiro atoms. The van der Waals surface area contributed by atoms with E-state index in [-0.39, 0.29) is 11.7 Å². The molecule has 2 rings (SSSR count). The Bertz CT molecular complexity index is 547. The summed E-state index contributed by atoms with van der Waals surface area (Å²) in [5.74, 6) is -0.917. The fourth-order valence-corrected chi connectivity index (χ4v) is 1.86. The second kappa shape index (κ2) is 4.57. The lowest BCUT2D eigenvalue weighted by Gasteiger charge is -2.12. The van der Waals surface area contributed by atoms with Crippen LogP contribution in [0.2, 0.25) is 0 Å². The molecule has 0 aliphatic carbocycles. The number of hydrogen-bond acceptors (Lipinski definition) is 2. The van der Waals surface area contributed by atoms with Crippen LogP contribution in [0, 0.1) is 5.82 Å². The number of carbonyl (C=O) groups is 1. The SMILES string of the molecule is CCNC(=O)C(C)c1cc(F)cc2ccoc12. The van der Waals surface area contributed by atoms with Crippen LogP contribution in [-0.2, 0) is 4.79 Å². The minimum Gasteiger partial charge on any atom is -0.464 e. The van der Waals surface area contributed by atoms with Crippen LogP contribution >= 0.6 is 0 Å². The van der Waals surface area contributed by atoms with Crippen molar-refractivity contribution in [2.75, 3.05) is 6.54 Å². The van der Waals surface area contributed by atoms with Crippen molar-refractivity contribution in [3.63, 3.8) is 0 Å². The van der Waals surface area contributed by atoms with Crippen molar-refractivity contribution in [1.29, 1.82) is 0 Å². The molecule has 0 aliphatic heterocycles. The lowest BCUT2D eigenvalue weighted by molar-refractivity contribution is -0.122. The molecule has 3 nitrogen and oxygen atoms in total. The zero-order valence-corrected chi connectivity index (χ0v) is 9.79. The Morgan fingerprint density at radius 3 is 3.00 bits per heavy atom. The van der Waals surface area contributed by atoms with E-state index in [0.29, 0.717) is 23.1 Å². The number of carbonyl (C=O) groups excluding carboxylic acids is 1. The van der Waals surface area contributed by atoms with Gasteiger partial charge < -0.3 is 9.73 Å². The molecule has 1 heterocycles. The van der Waals surface area contributed by atoms with Gasteiger partial charge in [0.2, 0.25) is 5.91 Å². The first-order chi connectivity index (χ1) is 8.13. The molecule has 0 radical (unpaired) electrons. The Labute approximate surface area is 98.6 Å². The summed E-state index contributed by atoms with van der Waals surface area (Å²) in [6.45, 7) is 4.14. The van der Waals surface area contributed by atoms with Crippen molar-refractivity contribution < 1.29 is 13.6 Å². The highest BCUT2D eigenvalue weighted by Crippen LogP contribution is 2.27. The fourth-order valence-electron chi connectivity index (χ4n) is 1.86. The van der Waals surface area contributed by atoms with E-state index in [2.05, 4.69) is 5.32 Å². The molecule has 1 aromatic heterocycles. The first-order valence-electron chi connectivity index (χ1n) is 5.58. The van der Waals surface area contributed by atoms with Crippen molar-refractivity contribution >= 4 is 16.9 Å². The molecule has 1 aromatic carbocycles. The highest BCUT2D eigenvalue weighted by Gasteiger charge is 2.19. The summed E-state index contributed by atoms with van der Waals surface area (Å²) >= 11 is 0. The zero-order valence-electron chi connectivity index (χ0n) is 9.79. The molecule has 1 N–H and O–H groups in total. The second-order valence-electron chi connectivity index (χ2n) is 3.95. The van der Waals surface area contributed by atoms with E-state index in [1.807, 2.05) is 6.92 Å². The number of nitrogens with one attached hydrogen (secondary N) is 1. The Hall–Kier alpha value is -1.84. The third kappa shape index (κ3) is 2.16. The van der Waals surface area contributed by atoms with Crippen LogP contribution in [0.4, 0.5) is 4.39 Å². The molecule has 17 heavy (non-hydrogen) atoms. The van der Waals surface area contributed by atoms with Gasteiger partial charge in [-0.3, -0.25) is 4.79 Å². The maximum Gasteiger partial charge on any atom is 0.227 e. The van der Waals surface area contributed by atoms with Gasteiger partial charge in [-0.25, -0.2) is 4.39 Å². The zero-order chi connectivity index (χ0) is 12.4. The fraction of sp³-hybridized carbons (Fsp3) is 0.308. The van der Waals surface area contributed by atoms with Crippen molar-refractivity contribution in [3.8, 4) is 0 Å². The Kier molecular flexibility index (Phi) is 3.13. The summed E-state index contributed by atoms with van der Waals surface area (Å²) in [4.78, 5) is 11.7. The molecule has 1 amide bonds. The highest BCUT2D eigenvalue weighted by atomic mass is 19.1. The van der Waals surface area contributed by atoms with Gasteiger partial charge in [-0.15, -0.1) is 0 Å². The monoisotopic (exact) mass is 235 g/mol. The number of hydrogen-bond donors (Lipinski definition) is 1. The quantitative estimate of drug-likeness (QED) is 0.888. The van der Waals surface area contributed by atoms with Gasteiger partial charge in [-0.1, -0.05) is 0 Å². The van der Waals surface area contributed by atoms with E-state index in [1.165, 1.54) is 18.4 Å². The van der Waals surface area contributed by atoms with Crippen LogP contribution < -0.4 is 5.32 Å². The van der Waals surface area contributed by atoms with Crippen molar-refractivity contribution in [3.05, 3.63) is 35.8 Å². The number of furan rings is 1. The number of likely N-dealkylation sites (N-methyl/N-ethyl adjacent to an activating group) is 1. The summed E-state index contributed by atoms with van der Waals surface area (Å²) < 4.78 is 18.7. The molecule has 0 bridgehead atoms. The van der Waals surface area contributed by atoms with Crippen LogP contribution in [0.1, 0.15) is 25.3 Å². The average molecular weight is 235 g/mol. The van der Waals surface area contributed by atoms with E-state index in [0.717, 1.165) is 0 Å². The highest BCUT2D eigenvalue weighted by molar-refractivity contribution is 5.90. The van der Waals surface area contributed by atoms with Gasteiger partial charge in [0.15, 0.2) is 0 Å². The predicted octanol–water partition coefficient (Wildman–Crippen LogP) is 2.81. The predicted molar refractivity (Wildman–Crippen MR) is 63.3 cm³/mol. The van der Waals surface area contributed by atoms with E-state index < -0.39 is 5.92 Å². The normalized spacial score (nSPS) is 12.6. The van der Waals surface area contributed by atoms with E-state index in [9.17, 15) is 9.18 Å². The van der Waals surface area contributed by atoms with Gasteiger partial charge in [0, 0.05) is 17.5 Å². The molecule has 0 aliphatic rings. The molecule has 4 heteroatoms. The smallest absolute Gasteiger partial charge is 0.227 e. The number of benzene rings is 1. The number of fused-ring (bicyclic) bond motifs is 1. The van der Waals surface area contributed by atoms with Crippen LogP contribution in [0.3, 0.4) is 0 Å². The van der Waals surface area contributed by atoms with Gasteiger partial charge in [0.05, 0.1) is 12.2 Å². The summed E-state index contributed by atoms with van der Waals surface area (Å²) in [6, 6.07) is 4.44. The third-order valence-corrected chi connectivity index (χ3v) is 2.76. The van der Waals surface area contributed by atoms with Gasteiger partial charge in [-0.2, -0.15) is 0 Å². The summed E-state index contributed by atoms with van der Waals surface area (Å²) in [5.41, 5.74) is 1.15. The first-order valence-corrected chi connectivity index (χ1v) is 5.58. The first kappa shape index (κ1) is 11.6. The largest absolute Gasteiger partial charge is 0.464 e. The lowest BCUT2D eigenvalue weighted by Crippen LogP contribution is -2.27. The molecule has 0 saturated carbocycles. The summed E-state index contributed by atoms with van der Waals surface area (Å²) in [5, 5.41) is 3.39. The Morgan fingerprint density at radius 1 is 1.53 bits per heavy atom. The Balaban J connectivity index is 2.46. The minimum atomic E-state index is -0.431. The standard InChI is InChI=1S/C13H14FNO2/c1-3-15-13(16)8(2)11-7-10(14)6-9-4-5-17-12(9)11/h4-8H,3H2,1-2H3,(H,15,16). The number of halogens is 1. The van der Waals surface area contributed by atoms with Crippen LogP contribution in [0.5, 0.6) is 0 Å². The van der Waals surface area contributed by atoms with Gasteiger partial charge in [0.25, 0.3) is 0 Å². The molecule has 90 valence electrons. The summed E-state index contributed by atoms with van der Waals surface area (Å²) in [6.07, 6.45) is 1.50. The van der Waals surface area contributed by atoms with E-state index in [1.54, 1.807) is 13.0 Å². The molecular formula is C13H14FNO2. The second-order valence-corrected chi connectivity index (χ2v) is 3.95.